The summed E-state index contributed by atoms with van der Waals surface area (Å²) >= 11 is 1.52. The van der Waals surface area contributed by atoms with E-state index in [0.29, 0.717) is 18.2 Å². The van der Waals surface area contributed by atoms with Gasteiger partial charge in [-0.05, 0) is 27.7 Å². The number of amides is 1. The number of piperazine rings is 1. The van der Waals surface area contributed by atoms with E-state index >= 15 is 0 Å². The second-order valence-electron chi connectivity index (χ2n) is 6.41. The van der Waals surface area contributed by atoms with Gasteiger partial charge in [-0.1, -0.05) is 0 Å². The normalized spacial score (nSPS) is 20.6. The summed E-state index contributed by atoms with van der Waals surface area (Å²) in [4.78, 5) is 21.4. The summed E-state index contributed by atoms with van der Waals surface area (Å²) in [5, 5.41) is 0.602. The molecule has 1 aliphatic rings. The standard InChI is InChI=1S/C14H24N4O2S/c1-10-8-18(13(19)20-14(2,3)4)6-5-17(10)9-11-7-16-12(15)21-11/h7,10H,5-6,8-9H2,1-4H3,(H2,15,16). The van der Waals surface area contributed by atoms with E-state index in [4.69, 9.17) is 10.5 Å². The van der Waals surface area contributed by atoms with Gasteiger partial charge in [-0.2, -0.15) is 0 Å². The SMILES string of the molecule is CC1CN(C(=O)OC(C)(C)C)CCN1Cc1cnc(N)s1. The molecule has 1 aromatic rings. The van der Waals surface area contributed by atoms with Crippen LogP contribution in [0.2, 0.25) is 0 Å². The lowest BCUT2D eigenvalue weighted by Crippen LogP contribution is -2.53. The van der Waals surface area contributed by atoms with E-state index in [1.165, 1.54) is 11.3 Å². The lowest BCUT2D eigenvalue weighted by atomic mass is 10.2. The van der Waals surface area contributed by atoms with E-state index in [2.05, 4.69) is 16.8 Å². The number of ether oxygens (including phenoxy) is 1. The molecule has 1 unspecified atom stereocenters. The Morgan fingerprint density at radius 3 is 2.76 bits per heavy atom. The van der Waals surface area contributed by atoms with Gasteiger partial charge in [0.2, 0.25) is 0 Å². The third kappa shape index (κ3) is 4.57. The third-order valence-electron chi connectivity index (χ3n) is 3.35. The summed E-state index contributed by atoms with van der Waals surface area (Å²) in [6.45, 7) is 10.8. The summed E-state index contributed by atoms with van der Waals surface area (Å²) in [6, 6.07) is 0.287. The fourth-order valence-corrected chi connectivity index (χ4v) is 3.03. The van der Waals surface area contributed by atoms with Gasteiger partial charge in [0.05, 0.1) is 0 Å². The van der Waals surface area contributed by atoms with Crippen LogP contribution in [0.4, 0.5) is 9.93 Å². The predicted molar refractivity (Wildman–Crippen MR) is 84.2 cm³/mol. The van der Waals surface area contributed by atoms with E-state index in [1.807, 2.05) is 27.0 Å². The molecule has 0 radical (unpaired) electrons. The number of aromatic nitrogens is 1. The van der Waals surface area contributed by atoms with Crippen molar-refractivity contribution in [3.8, 4) is 0 Å². The maximum Gasteiger partial charge on any atom is 0.410 e. The van der Waals surface area contributed by atoms with Crippen LogP contribution >= 0.6 is 11.3 Å². The van der Waals surface area contributed by atoms with Crippen LogP contribution in [0.5, 0.6) is 0 Å². The average molecular weight is 312 g/mol. The molecule has 7 heteroatoms. The van der Waals surface area contributed by atoms with Gasteiger partial charge in [-0.25, -0.2) is 9.78 Å². The second kappa shape index (κ2) is 6.19. The van der Waals surface area contributed by atoms with Gasteiger partial charge in [-0.3, -0.25) is 4.90 Å². The van der Waals surface area contributed by atoms with Crippen LogP contribution in [-0.4, -0.2) is 52.2 Å². The minimum absolute atomic E-state index is 0.226. The van der Waals surface area contributed by atoms with Crippen molar-refractivity contribution in [3.05, 3.63) is 11.1 Å². The summed E-state index contributed by atoms with van der Waals surface area (Å²) in [5.41, 5.74) is 5.21. The molecule has 1 atom stereocenters. The van der Waals surface area contributed by atoms with Crippen molar-refractivity contribution in [1.82, 2.24) is 14.8 Å². The van der Waals surface area contributed by atoms with E-state index in [-0.39, 0.29) is 12.1 Å². The Hall–Kier alpha value is -1.34. The number of nitrogens with zero attached hydrogens (tertiary/aromatic N) is 3. The summed E-state index contributed by atoms with van der Waals surface area (Å²) in [7, 11) is 0. The van der Waals surface area contributed by atoms with Crippen molar-refractivity contribution in [2.24, 2.45) is 0 Å². The molecule has 2 heterocycles. The number of hydrogen-bond donors (Lipinski definition) is 1. The monoisotopic (exact) mass is 312 g/mol. The molecule has 6 nitrogen and oxygen atoms in total. The zero-order valence-electron chi connectivity index (χ0n) is 13.1. The van der Waals surface area contributed by atoms with Crippen LogP contribution < -0.4 is 5.73 Å². The van der Waals surface area contributed by atoms with Crippen molar-refractivity contribution in [2.75, 3.05) is 25.4 Å². The number of nitrogens with two attached hydrogens (primary N) is 1. The zero-order chi connectivity index (χ0) is 15.6. The topological polar surface area (TPSA) is 71.7 Å². The van der Waals surface area contributed by atoms with E-state index < -0.39 is 5.60 Å². The van der Waals surface area contributed by atoms with Crippen LogP contribution in [0.25, 0.3) is 0 Å². The average Bonchev–Trinajstić information content (AvgIpc) is 2.75. The summed E-state index contributed by atoms with van der Waals surface area (Å²) in [6.07, 6.45) is 1.60. The minimum atomic E-state index is -0.447. The number of carbonyl (C=O) groups excluding carboxylic acids is 1. The molecular formula is C14H24N4O2S. The molecule has 2 rings (SSSR count). The molecule has 0 spiro atoms. The van der Waals surface area contributed by atoms with Gasteiger partial charge in [-0.15, -0.1) is 11.3 Å². The highest BCUT2D eigenvalue weighted by molar-refractivity contribution is 7.15. The number of carbonyl (C=O) groups is 1. The number of nitrogen functional groups attached to an aromatic ring is 1. The van der Waals surface area contributed by atoms with Crippen LogP contribution in [0.1, 0.15) is 32.6 Å². The van der Waals surface area contributed by atoms with Gasteiger partial charge in [0.15, 0.2) is 5.13 Å². The number of anilines is 1. The van der Waals surface area contributed by atoms with Crippen molar-refractivity contribution < 1.29 is 9.53 Å². The number of thiazole rings is 1. The van der Waals surface area contributed by atoms with Gasteiger partial charge in [0.1, 0.15) is 5.60 Å². The first-order valence-corrected chi connectivity index (χ1v) is 7.98. The maximum atomic E-state index is 12.1. The van der Waals surface area contributed by atoms with Gasteiger partial charge >= 0.3 is 6.09 Å². The van der Waals surface area contributed by atoms with Crippen molar-refractivity contribution in [3.63, 3.8) is 0 Å². The molecule has 1 aromatic heterocycles. The Labute approximate surface area is 129 Å². The minimum Gasteiger partial charge on any atom is -0.444 e. The Morgan fingerprint density at radius 2 is 2.24 bits per heavy atom. The van der Waals surface area contributed by atoms with Crippen LogP contribution in [0.3, 0.4) is 0 Å². The first-order chi connectivity index (χ1) is 9.74. The summed E-state index contributed by atoms with van der Waals surface area (Å²) < 4.78 is 5.43. The Bertz CT molecular complexity index is 497. The first-order valence-electron chi connectivity index (χ1n) is 7.17. The smallest absolute Gasteiger partial charge is 0.410 e. The van der Waals surface area contributed by atoms with Gasteiger partial charge in [0.25, 0.3) is 0 Å². The fourth-order valence-electron chi connectivity index (χ4n) is 2.32. The van der Waals surface area contributed by atoms with Crippen molar-refractivity contribution in [2.45, 2.75) is 45.9 Å². The predicted octanol–water partition coefficient (Wildman–Crippen LogP) is 2.17. The lowest BCUT2D eigenvalue weighted by Gasteiger charge is -2.39. The molecule has 2 N–H and O–H groups in total. The fraction of sp³-hybridized carbons (Fsp3) is 0.714. The molecule has 0 aliphatic carbocycles. The highest BCUT2D eigenvalue weighted by atomic mass is 32.1. The highest BCUT2D eigenvalue weighted by Gasteiger charge is 2.29. The van der Waals surface area contributed by atoms with Crippen LogP contribution in [-0.2, 0) is 11.3 Å². The first kappa shape index (κ1) is 16.0. The molecule has 21 heavy (non-hydrogen) atoms. The zero-order valence-corrected chi connectivity index (χ0v) is 13.9. The largest absolute Gasteiger partial charge is 0.444 e. The van der Waals surface area contributed by atoms with Gasteiger partial charge in [0, 0.05) is 43.3 Å². The molecule has 1 fully saturated rings. The van der Waals surface area contributed by atoms with Crippen molar-refractivity contribution in [1.29, 1.82) is 0 Å². The van der Waals surface area contributed by atoms with Gasteiger partial charge < -0.3 is 15.4 Å². The molecular weight excluding hydrogens is 288 g/mol. The van der Waals surface area contributed by atoms with E-state index in [9.17, 15) is 4.79 Å². The third-order valence-corrected chi connectivity index (χ3v) is 4.16. The molecule has 1 aliphatic heterocycles. The Balaban J connectivity index is 1.88. The number of hydrogen-bond acceptors (Lipinski definition) is 6. The Morgan fingerprint density at radius 1 is 1.52 bits per heavy atom. The molecule has 0 bridgehead atoms. The molecule has 1 amide bonds. The highest BCUT2D eigenvalue weighted by Crippen LogP contribution is 2.20. The molecule has 1 saturated heterocycles. The quantitative estimate of drug-likeness (QED) is 0.906. The lowest BCUT2D eigenvalue weighted by molar-refractivity contribution is 0.00474. The van der Waals surface area contributed by atoms with Crippen LogP contribution in [0, 0.1) is 0 Å². The molecule has 118 valence electrons. The molecule has 0 aromatic carbocycles. The number of rotatable bonds is 2. The van der Waals surface area contributed by atoms with E-state index in [1.54, 1.807) is 4.90 Å². The Kier molecular flexibility index (Phi) is 4.73. The second-order valence-corrected chi connectivity index (χ2v) is 7.56. The van der Waals surface area contributed by atoms with Crippen LogP contribution in [0.15, 0.2) is 6.20 Å². The summed E-state index contributed by atoms with van der Waals surface area (Å²) in [5.74, 6) is 0. The van der Waals surface area contributed by atoms with E-state index in [0.717, 1.165) is 18.0 Å². The van der Waals surface area contributed by atoms with Crippen molar-refractivity contribution >= 4 is 22.6 Å². The maximum absolute atomic E-state index is 12.1. The molecule has 0 saturated carbocycles.